The molecule has 0 saturated carbocycles. The van der Waals surface area contributed by atoms with Gasteiger partial charge in [0.05, 0.1) is 7.11 Å². The number of methoxy groups -OCH3 is 1. The molecule has 0 bridgehead atoms. The van der Waals surface area contributed by atoms with E-state index in [1.54, 1.807) is 30.3 Å². The normalized spacial score (nSPS) is 10.4. The molecule has 1 aromatic carbocycles. The summed E-state index contributed by atoms with van der Waals surface area (Å²) in [4.78, 5) is 10.7. The van der Waals surface area contributed by atoms with Crippen molar-refractivity contribution in [3.05, 3.63) is 41.5 Å². The molecule has 0 unspecified atom stereocenters. The maximum atomic E-state index is 12.1. The fourth-order valence-electron chi connectivity index (χ4n) is 0.950. The predicted octanol–water partition coefficient (Wildman–Crippen LogP) is 2.34. The number of carbonyl (C=O) groups is 1. The van der Waals surface area contributed by atoms with Gasteiger partial charge in [0.25, 0.3) is 0 Å². The van der Waals surface area contributed by atoms with Crippen LogP contribution in [0.3, 0.4) is 0 Å². The van der Waals surface area contributed by atoms with E-state index in [4.69, 9.17) is 0 Å². The molecule has 74 valence electrons. The van der Waals surface area contributed by atoms with E-state index in [-0.39, 0.29) is 0 Å². The van der Waals surface area contributed by atoms with E-state index in [2.05, 4.69) is 4.74 Å². The van der Waals surface area contributed by atoms with Crippen LogP contribution in [0.2, 0.25) is 0 Å². The van der Waals surface area contributed by atoms with Gasteiger partial charge in [-0.1, -0.05) is 24.3 Å². The van der Waals surface area contributed by atoms with Crippen molar-refractivity contribution in [3.8, 4) is 0 Å². The van der Waals surface area contributed by atoms with Crippen LogP contribution < -0.4 is 0 Å². The van der Waals surface area contributed by atoms with E-state index in [1.165, 1.54) is 13.2 Å². The van der Waals surface area contributed by atoms with Gasteiger partial charge in [0.1, 0.15) is 6.67 Å². The molecule has 0 aromatic heterocycles. The maximum absolute atomic E-state index is 12.1. The summed E-state index contributed by atoms with van der Waals surface area (Å²) in [5.41, 5.74) is 1.47. The highest BCUT2D eigenvalue weighted by molar-refractivity contribution is 5.86. The first kappa shape index (κ1) is 10.4. The van der Waals surface area contributed by atoms with Crippen molar-refractivity contribution in [2.45, 2.75) is 6.67 Å². The molecular formula is C11H11FO2. The van der Waals surface area contributed by atoms with Gasteiger partial charge in [0, 0.05) is 6.08 Å². The Kier molecular flexibility index (Phi) is 3.85. The molecular weight excluding hydrogens is 183 g/mol. The van der Waals surface area contributed by atoms with Crippen molar-refractivity contribution in [3.63, 3.8) is 0 Å². The Bertz CT molecular complexity index is 328. The van der Waals surface area contributed by atoms with Gasteiger partial charge < -0.3 is 4.74 Å². The fraction of sp³-hybridized carbons (Fsp3) is 0.182. The van der Waals surface area contributed by atoms with E-state index in [0.29, 0.717) is 5.56 Å². The minimum Gasteiger partial charge on any atom is -0.466 e. The van der Waals surface area contributed by atoms with E-state index in [1.807, 2.05) is 0 Å². The van der Waals surface area contributed by atoms with Gasteiger partial charge in [-0.05, 0) is 17.2 Å². The SMILES string of the molecule is COC(=O)C=Cc1ccc(CF)cc1. The van der Waals surface area contributed by atoms with Crippen molar-refractivity contribution in [1.29, 1.82) is 0 Å². The van der Waals surface area contributed by atoms with Gasteiger partial charge in [-0.25, -0.2) is 9.18 Å². The van der Waals surface area contributed by atoms with Crippen LogP contribution in [0, 0.1) is 0 Å². The third-order valence-corrected chi connectivity index (χ3v) is 1.75. The van der Waals surface area contributed by atoms with E-state index < -0.39 is 12.6 Å². The first-order valence-electron chi connectivity index (χ1n) is 4.17. The van der Waals surface area contributed by atoms with E-state index in [0.717, 1.165) is 5.56 Å². The minimum atomic E-state index is -0.471. The standard InChI is InChI=1S/C11H11FO2/c1-14-11(13)7-6-9-2-4-10(8-12)5-3-9/h2-7H,8H2,1H3. The number of hydrogen-bond acceptors (Lipinski definition) is 2. The molecule has 0 aliphatic carbocycles. The van der Waals surface area contributed by atoms with Crippen molar-refractivity contribution in [2.75, 3.05) is 7.11 Å². The van der Waals surface area contributed by atoms with E-state index >= 15 is 0 Å². The Morgan fingerprint density at radius 2 is 2.07 bits per heavy atom. The zero-order valence-corrected chi connectivity index (χ0v) is 7.87. The molecule has 1 rings (SSSR count). The predicted molar refractivity (Wildman–Crippen MR) is 52.3 cm³/mol. The summed E-state index contributed by atoms with van der Waals surface area (Å²) < 4.78 is 16.6. The van der Waals surface area contributed by atoms with Gasteiger partial charge in [0.15, 0.2) is 0 Å². The number of benzene rings is 1. The zero-order valence-electron chi connectivity index (χ0n) is 7.87. The second-order valence-corrected chi connectivity index (χ2v) is 2.73. The quantitative estimate of drug-likeness (QED) is 0.545. The minimum absolute atomic E-state index is 0.403. The summed E-state index contributed by atoms with van der Waals surface area (Å²) in [6.45, 7) is -0.471. The molecule has 0 N–H and O–H groups in total. The molecule has 0 spiro atoms. The monoisotopic (exact) mass is 194 g/mol. The molecule has 0 radical (unpaired) electrons. The molecule has 0 amide bonds. The van der Waals surface area contributed by atoms with Gasteiger partial charge in [-0.15, -0.1) is 0 Å². The summed E-state index contributed by atoms with van der Waals surface area (Å²) in [6.07, 6.45) is 2.94. The van der Waals surface area contributed by atoms with Gasteiger partial charge in [-0.2, -0.15) is 0 Å². The maximum Gasteiger partial charge on any atom is 0.330 e. The second-order valence-electron chi connectivity index (χ2n) is 2.73. The van der Waals surface area contributed by atoms with Crippen molar-refractivity contribution >= 4 is 12.0 Å². The molecule has 0 aliphatic heterocycles. The molecule has 0 heterocycles. The number of rotatable bonds is 3. The van der Waals surface area contributed by atoms with Crippen LogP contribution in [0.15, 0.2) is 30.3 Å². The van der Waals surface area contributed by atoms with Crippen LogP contribution in [0.4, 0.5) is 4.39 Å². The molecule has 0 atom stereocenters. The lowest BCUT2D eigenvalue weighted by Gasteiger charge is -1.95. The highest BCUT2D eigenvalue weighted by Crippen LogP contribution is 2.07. The van der Waals surface area contributed by atoms with Crippen molar-refractivity contribution in [1.82, 2.24) is 0 Å². The van der Waals surface area contributed by atoms with Gasteiger partial charge in [0.2, 0.25) is 0 Å². The van der Waals surface area contributed by atoms with Crippen molar-refractivity contribution in [2.24, 2.45) is 0 Å². The summed E-state index contributed by atoms with van der Waals surface area (Å²) in [7, 11) is 1.32. The smallest absolute Gasteiger partial charge is 0.330 e. The fourth-order valence-corrected chi connectivity index (χ4v) is 0.950. The molecule has 14 heavy (non-hydrogen) atoms. The highest BCUT2D eigenvalue weighted by Gasteiger charge is 1.93. The van der Waals surface area contributed by atoms with Crippen LogP contribution in [-0.4, -0.2) is 13.1 Å². The van der Waals surface area contributed by atoms with Crippen LogP contribution in [0.25, 0.3) is 6.08 Å². The van der Waals surface area contributed by atoms with Crippen molar-refractivity contribution < 1.29 is 13.9 Å². The molecule has 1 aromatic rings. The summed E-state index contributed by atoms with van der Waals surface area (Å²) in [5.74, 6) is -0.403. The Labute approximate surface area is 82.0 Å². The average molecular weight is 194 g/mol. The lowest BCUT2D eigenvalue weighted by atomic mass is 10.1. The Morgan fingerprint density at radius 3 is 2.57 bits per heavy atom. The van der Waals surface area contributed by atoms with Crippen LogP contribution in [0.1, 0.15) is 11.1 Å². The number of esters is 1. The van der Waals surface area contributed by atoms with Gasteiger partial charge in [-0.3, -0.25) is 0 Å². The van der Waals surface area contributed by atoms with Crippen LogP contribution in [-0.2, 0) is 16.2 Å². The molecule has 0 aliphatic rings. The number of hydrogen-bond donors (Lipinski definition) is 0. The van der Waals surface area contributed by atoms with Crippen LogP contribution in [0.5, 0.6) is 0 Å². The van der Waals surface area contributed by atoms with E-state index in [9.17, 15) is 9.18 Å². The molecule has 0 saturated heterocycles. The summed E-state index contributed by atoms with van der Waals surface area (Å²) >= 11 is 0. The first-order valence-corrected chi connectivity index (χ1v) is 4.17. The highest BCUT2D eigenvalue weighted by atomic mass is 19.1. The first-order chi connectivity index (χ1) is 6.76. The molecule has 2 nitrogen and oxygen atoms in total. The van der Waals surface area contributed by atoms with Gasteiger partial charge >= 0.3 is 5.97 Å². The third kappa shape index (κ3) is 3.01. The third-order valence-electron chi connectivity index (χ3n) is 1.75. The number of alkyl halides is 1. The van der Waals surface area contributed by atoms with Crippen LogP contribution >= 0.6 is 0 Å². The zero-order chi connectivity index (χ0) is 10.4. The average Bonchev–Trinajstić information content (AvgIpc) is 2.26. The summed E-state index contributed by atoms with van der Waals surface area (Å²) in [6, 6.07) is 6.84. The lowest BCUT2D eigenvalue weighted by molar-refractivity contribution is -0.134. The largest absolute Gasteiger partial charge is 0.466 e. The number of carbonyl (C=O) groups excluding carboxylic acids is 1. The number of ether oxygens (including phenoxy) is 1. The molecule has 3 heteroatoms. The Morgan fingerprint density at radius 1 is 1.43 bits per heavy atom. The second kappa shape index (κ2) is 5.17. The summed E-state index contributed by atoms with van der Waals surface area (Å²) in [5, 5.41) is 0. The topological polar surface area (TPSA) is 26.3 Å². The number of halogens is 1. The Hall–Kier alpha value is -1.64. The lowest BCUT2D eigenvalue weighted by Crippen LogP contribution is -1.93. The molecule has 0 fully saturated rings. The Balaban J connectivity index is 2.68.